The summed E-state index contributed by atoms with van der Waals surface area (Å²) < 4.78 is 9.54. The van der Waals surface area contributed by atoms with Gasteiger partial charge in [-0.15, -0.1) is 0 Å². The molecule has 1 atom stereocenters. The molecule has 2 aromatic carbocycles. The molecule has 0 bridgehead atoms. The standard InChI is InChI=1S/C21H20Cl2N2O6/c1-30-21(29)17(9-13-5-3-2-4-6-13)25-18(26)12-31-19(27)11-24-20(28)14-7-8-15(22)16(23)10-14/h2-8,10,17H,9,11-12H2,1H3,(H,24,28)(H,25,26). The van der Waals surface area contributed by atoms with Gasteiger partial charge >= 0.3 is 11.9 Å². The third kappa shape index (κ3) is 7.92. The molecule has 0 radical (unpaired) electrons. The molecule has 0 aliphatic rings. The molecule has 1 unspecified atom stereocenters. The van der Waals surface area contributed by atoms with Crippen molar-refractivity contribution in [3.05, 3.63) is 69.7 Å². The predicted molar refractivity (Wildman–Crippen MR) is 114 cm³/mol. The molecule has 164 valence electrons. The van der Waals surface area contributed by atoms with Gasteiger partial charge in [0, 0.05) is 12.0 Å². The average molecular weight is 467 g/mol. The summed E-state index contributed by atoms with van der Waals surface area (Å²) >= 11 is 11.6. The van der Waals surface area contributed by atoms with E-state index in [0.717, 1.165) is 5.56 Å². The van der Waals surface area contributed by atoms with E-state index in [1.165, 1.54) is 25.3 Å². The van der Waals surface area contributed by atoms with Gasteiger partial charge in [0.1, 0.15) is 12.6 Å². The number of amides is 2. The smallest absolute Gasteiger partial charge is 0.328 e. The Labute approximate surface area is 188 Å². The van der Waals surface area contributed by atoms with Crippen LogP contribution in [0.25, 0.3) is 0 Å². The van der Waals surface area contributed by atoms with Crippen LogP contribution in [-0.2, 0) is 30.3 Å². The van der Waals surface area contributed by atoms with E-state index in [1.807, 2.05) is 6.07 Å². The van der Waals surface area contributed by atoms with Gasteiger partial charge in [0.05, 0.1) is 17.2 Å². The Morgan fingerprint density at radius 1 is 1.00 bits per heavy atom. The lowest BCUT2D eigenvalue weighted by atomic mass is 10.1. The highest BCUT2D eigenvalue weighted by molar-refractivity contribution is 6.42. The fourth-order valence-corrected chi connectivity index (χ4v) is 2.81. The Morgan fingerprint density at radius 2 is 1.71 bits per heavy atom. The van der Waals surface area contributed by atoms with Gasteiger partial charge in [-0.25, -0.2) is 4.79 Å². The molecule has 0 aromatic heterocycles. The van der Waals surface area contributed by atoms with E-state index in [0.29, 0.717) is 5.02 Å². The van der Waals surface area contributed by atoms with E-state index in [4.69, 9.17) is 32.7 Å². The average Bonchev–Trinajstić information content (AvgIpc) is 2.77. The zero-order valence-corrected chi connectivity index (χ0v) is 18.0. The number of hydrogen-bond acceptors (Lipinski definition) is 6. The Kier molecular flexibility index (Phi) is 9.30. The van der Waals surface area contributed by atoms with Crippen molar-refractivity contribution in [3.63, 3.8) is 0 Å². The molecular weight excluding hydrogens is 447 g/mol. The highest BCUT2D eigenvalue weighted by atomic mass is 35.5. The van der Waals surface area contributed by atoms with Gasteiger partial charge in [0.25, 0.3) is 11.8 Å². The van der Waals surface area contributed by atoms with Crippen LogP contribution < -0.4 is 10.6 Å². The van der Waals surface area contributed by atoms with E-state index < -0.39 is 42.9 Å². The van der Waals surface area contributed by atoms with E-state index in [-0.39, 0.29) is 17.0 Å². The summed E-state index contributed by atoms with van der Waals surface area (Å²) in [5, 5.41) is 5.31. The largest absolute Gasteiger partial charge is 0.467 e. The highest BCUT2D eigenvalue weighted by Gasteiger charge is 2.22. The van der Waals surface area contributed by atoms with E-state index in [1.54, 1.807) is 24.3 Å². The number of carbonyl (C=O) groups is 4. The van der Waals surface area contributed by atoms with Crippen molar-refractivity contribution in [1.82, 2.24) is 10.6 Å². The topological polar surface area (TPSA) is 111 Å². The maximum Gasteiger partial charge on any atom is 0.328 e. The van der Waals surface area contributed by atoms with Crippen LogP contribution in [0.15, 0.2) is 48.5 Å². The molecule has 2 N–H and O–H groups in total. The molecule has 0 saturated heterocycles. The third-order valence-corrected chi connectivity index (χ3v) is 4.78. The first kappa shape index (κ1) is 24.2. The fraction of sp³-hybridized carbons (Fsp3) is 0.238. The van der Waals surface area contributed by atoms with Crippen LogP contribution in [0.1, 0.15) is 15.9 Å². The maximum atomic E-state index is 12.1. The second-order valence-electron chi connectivity index (χ2n) is 6.31. The molecule has 0 aliphatic heterocycles. The summed E-state index contributed by atoms with van der Waals surface area (Å²) in [6.07, 6.45) is 0.215. The van der Waals surface area contributed by atoms with Gasteiger partial charge in [0.2, 0.25) is 0 Å². The Morgan fingerprint density at radius 3 is 2.35 bits per heavy atom. The number of ether oxygens (including phenoxy) is 2. The minimum atomic E-state index is -0.937. The third-order valence-electron chi connectivity index (χ3n) is 4.04. The summed E-state index contributed by atoms with van der Waals surface area (Å²) in [4.78, 5) is 47.9. The lowest BCUT2D eigenvalue weighted by molar-refractivity contribution is -0.149. The first-order valence-corrected chi connectivity index (χ1v) is 9.85. The molecular formula is C21H20Cl2N2O6. The van der Waals surface area contributed by atoms with Crippen LogP contribution >= 0.6 is 23.2 Å². The van der Waals surface area contributed by atoms with E-state index in [9.17, 15) is 19.2 Å². The molecule has 0 spiro atoms. The molecule has 2 amide bonds. The second kappa shape index (κ2) is 11.9. The van der Waals surface area contributed by atoms with Gasteiger partial charge in [-0.1, -0.05) is 53.5 Å². The van der Waals surface area contributed by atoms with Crippen LogP contribution in [0, 0.1) is 0 Å². The molecule has 2 aromatic rings. The predicted octanol–water partition coefficient (Wildman–Crippen LogP) is 2.17. The number of rotatable bonds is 9. The summed E-state index contributed by atoms with van der Waals surface area (Å²) in [6.45, 7) is -1.08. The van der Waals surface area contributed by atoms with Crippen molar-refractivity contribution in [1.29, 1.82) is 0 Å². The monoisotopic (exact) mass is 466 g/mol. The van der Waals surface area contributed by atoms with Crippen LogP contribution in [0.4, 0.5) is 0 Å². The van der Waals surface area contributed by atoms with E-state index in [2.05, 4.69) is 10.6 Å². The second-order valence-corrected chi connectivity index (χ2v) is 7.12. The molecule has 10 heteroatoms. The van der Waals surface area contributed by atoms with Crippen molar-refractivity contribution in [2.75, 3.05) is 20.3 Å². The maximum absolute atomic E-state index is 12.1. The number of methoxy groups -OCH3 is 1. The van der Waals surface area contributed by atoms with Crippen LogP contribution in [0.5, 0.6) is 0 Å². The summed E-state index contributed by atoms with van der Waals surface area (Å²) in [5.41, 5.74) is 1.03. The van der Waals surface area contributed by atoms with Crippen molar-refractivity contribution >= 4 is 47.0 Å². The Hall–Kier alpha value is -3.10. The summed E-state index contributed by atoms with van der Waals surface area (Å²) in [6, 6.07) is 12.4. The van der Waals surface area contributed by atoms with E-state index >= 15 is 0 Å². The quantitative estimate of drug-likeness (QED) is 0.547. The first-order valence-electron chi connectivity index (χ1n) is 9.10. The van der Waals surface area contributed by atoms with Gasteiger partial charge in [-0.3, -0.25) is 14.4 Å². The number of esters is 2. The number of benzene rings is 2. The zero-order chi connectivity index (χ0) is 22.8. The molecule has 8 nitrogen and oxygen atoms in total. The number of hydrogen-bond donors (Lipinski definition) is 2. The van der Waals surface area contributed by atoms with Crippen molar-refractivity contribution in [3.8, 4) is 0 Å². The lowest BCUT2D eigenvalue weighted by Crippen LogP contribution is -2.45. The number of nitrogens with one attached hydrogen (secondary N) is 2. The molecule has 0 fully saturated rings. The highest BCUT2D eigenvalue weighted by Crippen LogP contribution is 2.22. The minimum Gasteiger partial charge on any atom is -0.467 e. The SMILES string of the molecule is COC(=O)C(Cc1ccccc1)NC(=O)COC(=O)CNC(=O)c1ccc(Cl)c(Cl)c1. The minimum absolute atomic E-state index is 0.198. The summed E-state index contributed by atoms with van der Waals surface area (Å²) in [7, 11) is 1.21. The van der Waals surface area contributed by atoms with Gasteiger partial charge in [-0.05, 0) is 23.8 Å². The first-order chi connectivity index (χ1) is 14.8. The number of halogens is 2. The molecule has 0 heterocycles. The molecule has 31 heavy (non-hydrogen) atoms. The molecule has 0 saturated carbocycles. The van der Waals surface area contributed by atoms with Crippen molar-refractivity contribution < 1.29 is 28.7 Å². The zero-order valence-electron chi connectivity index (χ0n) is 16.5. The number of carbonyl (C=O) groups excluding carboxylic acids is 4. The molecule has 0 aliphatic carbocycles. The lowest BCUT2D eigenvalue weighted by Gasteiger charge is -2.16. The Balaban J connectivity index is 1.80. The normalized spacial score (nSPS) is 11.2. The Bertz CT molecular complexity index is 952. The van der Waals surface area contributed by atoms with Crippen LogP contribution in [0.2, 0.25) is 10.0 Å². The molecule has 2 rings (SSSR count). The van der Waals surface area contributed by atoms with Gasteiger partial charge < -0.3 is 20.1 Å². The summed E-state index contributed by atoms with van der Waals surface area (Å²) in [5.74, 6) is -2.71. The van der Waals surface area contributed by atoms with Crippen molar-refractivity contribution in [2.45, 2.75) is 12.5 Å². The van der Waals surface area contributed by atoms with Crippen molar-refractivity contribution in [2.24, 2.45) is 0 Å². The van der Waals surface area contributed by atoms with Crippen LogP contribution in [-0.4, -0.2) is 50.1 Å². The van der Waals surface area contributed by atoms with Crippen LogP contribution in [0.3, 0.4) is 0 Å². The van der Waals surface area contributed by atoms with Gasteiger partial charge in [-0.2, -0.15) is 0 Å². The fourth-order valence-electron chi connectivity index (χ4n) is 2.51. The van der Waals surface area contributed by atoms with Gasteiger partial charge in [0.15, 0.2) is 6.61 Å².